The molecular weight excluding hydrogens is 432 g/mol. The molecule has 34 heavy (non-hydrogen) atoms. The van der Waals surface area contributed by atoms with Crippen molar-refractivity contribution in [1.29, 1.82) is 0 Å². The fourth-order valence-electron chi connectivity index (χ4n) is 4.61. The van der Waals surface area contributed by atoms with Gasteiger partial charge in [0.1, 0.15) is 11.4 Å². The van der Waals surface area contributed by atoms with Gasteiger partial charge in [-0.15, -0.1) is 0 Å². The molecule has 9 nitrogen and oxygen atoms in total. The van der Waals surface area contributed by atoms with Gasteiger partial charge in [0.15, 0.2) is 0 Å². The van der Waals surface area contributed by atoms with Crippen molar-refractivity contribution in [1.82, 2.24) is 24.8 Å². The van der Waals surface area contributed by atoms with Crippen molar-refractivity contribution in [3.63, 3.8) is 0 Å². The number of nitrogens with one attached hydrogen (secondary N) is 1. The Kier molecular flexibility index (Phi) is 5.75. The molecule has 1 unspecified atom stereocenters. The van der Waals surface area contributed by atoms with Gasteiger partial charge in [0.25, 0.3) is 11.8 Å². The molecule has 2 aliphatic heterocycles. The number of piperazine rings is 1. The standard InChI is InChI=1S/C25H24N6O3/c1-16-15-30(24(33)17-5-3-2-4-6-17)11-12-31(16)25(34)23(32)19-13-29-21-18(19)7-8-28-22(21)20-14-26-9-10-27-20/h2-10,14,16,19,29H,11-13,15H2,1H3/t16-,19?/m1/s1. The van der Waals surface area contributed by atoms with Crippen LogP contribution in [0.4, 0.5) is 5.69 Å². The number of carbonyl (C=O) groups is 3. The summed E-state index contributed by atoms with van der Waals surface area (Å²) in [5.41, 5.74) is 3.26. The summed E-state index contributed by atoms with van der Waals surface area (Å²) in [6, 6.07) is 10.6. The van der Waals surface area contributed by atoms with Crippen molar-refractivity contribution in [3.8, 4) is 11.4 Å². The maximum absolute atomic E-state index is 13.3. The van der Waals surface area contributed by atoms with Crippen LogP contribution in [0, 0.1) is 0 Å². The molecule has 1 N–H and O–H groups in total. The Labute approximate surface area is 196 Å². The second kappa shape index (κ2) is 9.01. The summed E-state index contributed by atoms with van der Waals surface area (Å²) in [4.78, 5) is 55.4. The van der Waals surface area contributed by atoms with E-state index in [1.807, 2.05) is 25.1 Å². The minimum absolute atomic E-state index is 0.0659. The normalized spacial score (nSPS) is 19.3. The molecule has 1 fully saturated rings. The van der Waals surface area contributed by atoms with Crippen molar-refractivity contribution in [2.75, 3.05) is 31.5 Å². The van der Waals surface area contributed by atoms with E-state index in [0.717, 1.165) is 5.56 Å². The first-order valence-electron chi connectivity index (χ1n) is 11.2. The van der Waals surface area contributed by atoms with Crippen LogP contribution < -0.4 is 5.32 Å². The van der Waals surface area contributed by atoms with Gasteiger partial charge in [-0.1, -0.05) is 18.2 Å². The second-order valence-corrected chi connectivity index (χ2v) is 8.48. The second-order valence-electron chi connectivity index (χ2n) is 8.48. The summed E-state index contributed by atoms with van der Waals surface area (Å²) in [7, 11) is 0. The molecular formula is C25H24N6O3. The van der Waals surface area contributed by atoms with Crippen molar-refractivity contribution < 1.29 is 14.4 Å². The number of aromatic nitrogens is 3. The molecule has 9 heteroatoms. The number of rotatable bonds is 4. The lowest BCUT2D eigenvalue weighted by Gasteiger charge is -2.39. The van der Waals surface area contributed by atoms with E-state index in [4.69, 9.17) is 0 Å². The van der Waals surface area contributed by atoms with Crippen LogP contribution in [0.25, 0.3) is 11.4 Å². The van der Waals surface area contributed by atoms with Crippen LogP contribution >= 0.6 is 0 Å². The summed E-state index contributed by atoms with van der Waals surface area (Å²) in [5, 5.41) is 3.23. The largest absolute Gasteiger partial charge is 0.382 e. The minimum Gasteiger partial charge on any atom is -0.382 e. The van der Waals surface area contributed by atoms with Crippen LogP contribution in [-0.4, -0.2) is 74.6 Å². The molecule has 4 heterocycles. The third-order valence-corrected chi connectivity index (χ3v) is 6.37. The summed E-state index contributed by atoms with van der Waals surface area (Å²) in [5.74, 6) is -1.64. The Balaban J connectivity index is 1.30. The molecule has 0 bridgehead atoms. The molecule has 172 valence electrons. The number of nitrogens with zero attached hydrogens (tertiary/aromatic N) is 5. The lowest BCUT2D eigenvalue weighted by atomic mass is 9.95. The molecule has 2 aromatic heterocycles. The Morgan fingerprint density at radius 3 is 2.56 bits per heavy atom. The summed E-state index contributed by atoms with van der Waals surface area (Å²) < 4.78 is 0. The highest BCUT2D eigenvalue weighted by Gasteiger charge is 2.39. The minimum atomic E-state index is -0.600. The van der Waals surface area contributed by atoms with Gasteiger partial charge in [0.2, 0.25) is 5.78 Å². The molecule has 1 aromatic carbocycles. The third kappa shape index (κ3) is 3.89. The monoisotopic (exact) mass is 456 g/mol. The molecule has 3 aromatic rings. The van der Waals surface area contributed by atoms with E-state index >= 15 is 0 Å². The van der Waals surface area contributed by atoms with E-state index in [0.29, 0.717) is 48.8 Å². The number of anilines is 1. The van der Waals surface area contributed by atoms with Gasteiger partial charge in [-0.05, 0) is 30.7 Å². The predicted octanol–water partition coefficient (Wildman–Crippen LogP) is 1.99. The average Bonchev–Trinajstić information content (AvgIpc) is 3.33. The van der Waals surface area contributed by atoms with E-state index in [-0.39, 0.29) is 11.9 Å². The Hall–Kier alpha value is -4.14. The Bertz CT molecular complexity index is 1230. The summed E-state index contributed by atoms with van der Waals surface area (Å²) >= 11 is 0. The molecule has 0 saturated carbocycles. The quantitative estimate of drug-likeness (QED) is 0.598. The van der Waals surface area contributed by atoms with Crippen LogP contribution in [0.15, 0.2) is 61.2 Å². The third-order valence-electron chi connectivity index (χ3n) is 6.37. The molecule has 1 saturated heterocycles. The fraction of sp³-hybridized carbons (Fsp3) is 0.280. The number of hydrogen-bond acceptors (Lipinski definition) is 7. The molecule has 0 aliphatic carbocycles. The topological polar surface area (TPSA) is 108 Å². The van der Waals surface area contributed by atoms with E-state index in [1.165, 1.54) is 0 Å². The van der Waals surface area contributed by atoms with Gasteiger partial charge >= 0.3 is 0 Å². The SMILES string of the molecule is C[C@@H]1CN(C(=O)c2ccccc2)CCN1C(=O)C(=O)C1CNc2c1ccnc2-c1cnccn1. The number of amides is 2. The number of Topliss-reactive ketones (excluding diaryl/α,β-unsaturated/α-hetero) is 1. The van der Waals surface area contributed by atoms with Gasteiger partial charge in [-0.3, -0.25) is 29.3 Å². The predicted molar refractivity (Wildman–Crippen MR) is 125 cm³/mol. The zero-order valence-corrected chi connectivity index (χ0v) is 18.7. The molecule has 2 amide bonds. The van der Waals surface area contributed by atoms with Crippen molar-refractivity contribution in [3.05, 3.63) is 72.3 Å². The van der Waals surface area contributed by atoms with Gasteiger partial charge in [-0.2, -0.15) is 0 Å². The Morgan fingerprint density at radius 1 is 1.00 bits per heavy atom. The molecule has 0 spiro atoms. The lowest BCUT2D eigenvalue weighted by Crippen LogP contribution is -2.57. The van der Waals surface area contributed by atoms with Gasteiger partial charge in [0.05, 0.1) is 17.8 Å². The van der Waals surface area contributed by atoms with E-state index in [1.54, 1.807) is 52.8 Å². The van der Waals surface area contributed by atoms with E-state index in [9.17, 15) is 14.4 Å². The molecule has 2 aliphatic rings. The van der Waals surface area contributed by atoms with Crippen molar-refractivity contribution in [2.24, 2.45) is 0 Å². The molecule has 0 radical (unpaired) electrons. The van der Waals surface area contributed by atoms with Crippen LogP contribution in [0.3, 0.4) is 0 Å². The van der Waals surface area contributed by atoms with E-state index in [2.05, 4.69) is 20.3 Å². The zero-order valence-electron chi connectivity index (χ0n) is 18.7. The number of hydrogen-bond donors (Lipinski definition) is 1. The van der Waals surface area contributed by atoms with E-state index < -0.39 is 17.6 Å². The van der Waals surface area contributed by atoms with Gasteiger partial charge < -0.3 is 15.1 Å². The fourth-order valence-corrected chi connectivity index (χ4v) is 4.61. The van der Waals surface area contributed by atoms with Crippen LogP contribution in [0.2, 0.25) is 0 Å². The molecule has 2 atom stereocenters. The first-order valence-corrected chi connectivity index (χ1v) is 11.2. The smallest absolute Gasteiger partial charge is 0.291 e. The number of ketones is 1. The van der Waals surface area contributed by atoms with Crippen molar-refractivity contribution in [2.45, 2.75) is 18.9 Å². The number of carbonyl (C=O) groups excluding carboxylic acids is 3. The first-order chi connectivity index (χ1) is 16.5. The summed E-state index contributed by atoms with van der Waals surface area (Å²) in [6.45, 7) is 3.27. The number of pyridine rings is 1. The van der Waals surface area contributed by atoms with Crippen molar-refractivity contribution >= 4 is 23.3 Å². The van der Waals surface area contributed by atoms with Crippen LogP contribution in [0.1, 0.15) is 28.8 Å². The Morgan fingerprint density at radius 2 is 1.82 bits per heavy atom. The van der Waals surface area contributed by atoms with Crippen LogP contribution in [-0.2, 0) is 9.59 Å². The van der Waals surface area contributed by atoms with Gasteiger partial charge in [-0.25, -0.2) is 0 Å². The lowest BCUT2D eigenvalue weighted by molar-refractivity contribution is -0.148. The number of benzene rings is 1. The number of fused-ring (bicyclic) bond motifs is 1. The molecule has 5 rings (SSSR count). The summed E-state index contributed by atoms with van der Waals surface area (Å²) in [6.07, 6.45) is 6.40. The first kappa shape index (κ1) is 21.7. The van der Waals surface area contributed by atoms with Crippen LogP contribution in [0.5, 0.6) is 0 Å². The highest BCUT2D eigenvalue weighted by atomic mass is 16.2. The maximum Gasteiger partial charge on any atom is 0.291 e. The van der Waals surface area contributed by atoms with Gasteiger partial charge in [0, 0.05) is 56.4 Å². The average molecular weight is 457 g/mol. The highest BCUT2D eigenvalue weighted by Crippen LogP contribution is 2.38. The maximum atomic E-state index is 13.3. The zero-order chi connectivity index (χ0) is 23.7. The highest BCUT2D eigenvalue weighted by molar-refractivity contribution is 6.38.